The minimum absolute atomic E-state index is 0.530. The molecule has 0 aliphatic heterocycles. The van der Waals surface area contributed by atoms with Crippen LogP contribution < -0.4 is 10.5 Å². The van der Waals surface area contributed by atoms with Crippen LogP contribution in [0.1, 0.15) is 13.8 Å². The first-order valence-corrected chi connectivity index (χ1v) is 7.45. The van der Waals surface area contributed by atoms with E-state index in [2.05, 4.69) is 25.9 Å². The van der Waals surface area contributed by atoms with Crippen LogP contribution in [0.3, 0.4) is 0 Å². The third-order valence-electron chi connectivity index (χ3n) is 2.66. The van der Waals surface area contributed by atoms with Crippen LogP contribution in [0.2, 0.25) is 0 Å². The van der Waals surface area contributed by atoms with Crippen LogP contribution in [0.25, 0.3) is 10.9 Å². The Hall–Kier alpha value is -2.14. The molecule has 1 aromatic heterocycles. The summed E-state index contributed by atoms with van der Waals surface area (Å²) in [4.78, 5) is 8.39. The Morgan fingerprint density at radius 1 is 1.00 bits per heavy atom. The highest BCUT2D eigenvalue weighted by Crippen LogP contribution is 2.28. The summed E-state index contributed by atoms with van der Waals surface area (Å²) in [7, 11) is 0. The highest BCUT2D eigenvalue weighted by atomic mass is 79.9. The lowest BCUT2D eigenvalue weighted by molar-refractivity contribution is 0.468. The Morgan fingerprint density at radius 3 is 2.43 bits per heavy atom. The van der Waals surface area contributed by atoms with Gasteiger partial charge in [-0.15, -0.1) is 0 Å². The normalized spacial score (nSPS) is 9.86. The van der Waals surface area contributed by atoms with Crippen molar-refractivity contribution in [3.63, 3.8) is 0 Å². The van der Waals surface area contributed by atoms with Gasteiger partial charge >= 0.3 is 0 Å². The van der Waals surface area contributed by atoms with Crippen LogP contribution >= 0.6 is 15.9 Å². The fourth-order valence-corrected chi connectivity index (χ4v) is 2.08. The molecule has 0 bridgehead atoms. The number of hydrogen-bond donors (Lipinski definition) is 1. The van der Waals surface area contributed by atoms with Gasteiger partial charge in [-0.3, -0.25) is 0 Å². The minimum Gasteiger partial charge on any atom is -0.438 e. The SMILES string of the molecule is CC.Nc1ccc(Oc2ncnc3cc(Br)ccc23)cc1. The van der Waals surface area contributed by atoms with Gasteiger partial charge in [0.2, 0.25) is 5.88 Å². The smallest absolute Gasteiger partial charge is 0.230 e. The predicted octanol–water partition coefficient (Wildman–Crippen LogP) is 4.79. The van der Waals surface area contributed by atoms with Crippen molar-refractivity contribution in [3.05, 3.63) is 53.3 Å². The molecule has 2 N–H and O–H groups in total. The fraction of sp³-hybridized carbons (Fsp3) is 0.125. The maximum atomic E-state index is 5.76. The van der Waals surface area contributed by atoms with E-state index < -0.39 is 0 Å². The predicted molar refractivity (Wildman–Crippen MR) is 89.5 cm³/mol. The molecule has 0 saturated heterocycles. The van der Waals surface area contributed by atoms with Crippen molar-refractivity contribution in [2.24, 2.45) is 0 Å². The Bertz CT molecular complexity index is 729. The quantitative estimate of drug-likeness (QED) is 0.678. The van der Waals surface area contributed by atoms with Crippen LogP contribution in [0.4, 0.5) is 5.69 Å². The first kappa shape index (κ1) is 15.3. The van der Waals surface area contributed by atoms with Crippen LogP contribution in [-0.4, -0.2) is 9.97 Å². The Labute approximate surface area is 132 Å². The number of halogens is 1. The maximum absolute atomic E-state index is 5.76. The zero-order chi connectivity index (χ0) is 15.2. The standard InChI is InChI=1S/C14H10BrN3O.C2H6/c15-9-1-6-12-13(7-9)17-8-18-14(12)19-11-4-2-10(16)3-5-11;1-2/h1-8H,16H2;1-2H3. The van der Waals surface area contributed by atoms with Gasteiger partial charge in [-0.1, -0.05) is 29.8 Å². The molecule has 0 amide bonds. The molecule has 2 aromatic carbocycles. The summed E-state index contributed by atoms with van der Waals surface area (Å²) in [5, 5.41) is 0.863. The van der Waals surface area contributed by atoms with E-state index in [0.29, 0.717) is 17.3 Å². The van der Waals surface area contributed by atoms with Crippen molar-refractivity contribution in [2.45, 2.75) is 13.8 Å². The number of rotatable bonds is 2. The van der Waals surface area contributed by atoms with Gasteiger partial charge < -0.3 is 10.5 Å². The largest absolute Gasteiger partial charge is 0.438 e. The van der Waals surface area contributed by atoms with Gasteiger partial charge in [-0.25, -0.2) is 9.97 Å². The molecule has 0 aliphatic rings. The van der Waals surface area contributed by atoms with Crippen LogP contribution in [-0.2, 0) is 0 Å². The van der Waals surface area contributed by atoms with Gasteiger partial charge in [0, 0.05) is 10.2 Å². The van der Waals surface area contributed by atoms with E-state index in [9.17, 15) is 0 Å². The molecule has 21 heavy (non-hydrogen) atoms. The highest BCUT2D eigenvalue weighted by Gasteiger charge is 2.06. The first-order valence-electron chi connectivity index (χ1n) is 6.66. The second kappa shape index (κ2) is 7.04. The van der Waals surface area contributed by atoms with Gasteiger partial charge in [0.15, 0.2) is 0 Å². The van der Waals surface area contributed by atoms with E-state index >= 15 is 0 Å². The Kier molecular flexibility index (Phi) is 5.11. The molecule has 0 atom stereocenters. The summed E-state index contributed by atoms with van der Waals surface area (Å²) >= 11 is 3.42. The lowest BCUT2D eigenvalue weighted by Crippen LogP contribution is -1.92. The minimum atomic E-state index is 0.530. The molecule has 5 heteroatoms. The molecule has 0 spiro atoms. The topological polar surface area (TPSA) is 61.0 Å². The molecule has 3 rings (SSSR count). The summed E-state index contributed by atoms with van der Waals surface area (Å²) in [6.07, 6.45) is 1.49. The van der Waals surface area contributed by atoms with E-state index in [1.165, 1.54) is 6.33 Å². The summed E-state index contributed by atoms with van der Waals surface area (Å²) < 4.78 is 6.73. The molecule has 0 unspecified atom stereocenters. The Morgan fingerprint density at radius 2 is 1.71 bits per heavy atom. The van der Waals surface area contributed by atoms with Crippen LogP contribution in [0, 0.1) is 0 Å². The van der Waals surface area contributed by atoms with Crippen LogP contribution in [0.15, 0.2) is 53.3 Å². The van der Waals surface area contributed by atoms with Gasteiger partial charge in [-0.2, -0.15) is 0 Å². The van der Waals surface area contributed by atoms with E-state index in [4.69, 9.17) is 10.5 Å². The summed E-state index contributed by atoms with van der Waals surface area (Å²) in [6, 6.07) is 13.0. The van der Waals surface area contributed by atoms with Crippen LogP contribution in [0.5, 0.6) is 11.6 Å². The number of anilines is 1. The second-order valence-corrected chi connectivity index (χ2v) is 4.93. The van der Waals surface area contributed by atoms with Crippen molar-refractivity contribution in [1.29, 1.82) is 0 Å². The molecule has 0 aliphatic carbocycles. The van der Waals surface area contributed by atoms with Gasteiger partial charge in [0.25, 0.3) is 0 Å². The number of aromatic nitrogens is 2. The average molecular weight is 346 g/mol. The molecule has 3 aromatic rings. The molecular formula is C16H16BrN3O. The lowest BCUT2D eigenvalue weighted by atomic mass is 10.2. The van der Waals surface area contributed by atoms with Crippen molar-refractivity contribution >= 4 is 32.5 Å². The van der Waals surface area contributed by atoms with Gasteiger partial charge in [0.05, 0.1) is 10.9 Å². The van der Waals surface area contributed by atoms with E-state index in [1.54, 1.807) is 12.1 Å². The number of ether oxygens (including phenoxy) is 1. The fourth-order valence-electron chi connectivity index (χ4n) is 1.73. The van der Waals surface area contributed by atoms with Crippen molar-refractivity contribution in [2.75, 3.05) is 5.73 Å². The zero-order valence-corrected chi connectivity index (χ0v) is 13.5. The summed E-state index contributed by atoms with van der Waals surface area (Å²) in [5.41, 5.74) is 7.17. The summed E-state index contributed by atoms with van der Waals surface area (Å²) in [5.74, 6) is 1.22. The van der Waals surface area contributed by atoms with Crippen molar-refractivity contribution < 1.29 is 4.74 Å². The molecule has 4 nitrogen and oxygen atoms in total. The third-order valence-corrected chi connectivity index (χ3v) is 3.15. The molecule has 0 fully saturated rings. The van der Waals surface area contributed by atoms with E-state index in [-0.39, 0.29) is 0 Å². The Balaban J connectivity index is 0.000000774. The lowest BCUT2D eigenvalue weighted by Gasteiger charge is -2.07. The molecule has 0 radical (unpaired) electrons. The highest BCUT2D eigenvalue weighted by molar-refractivity contribution is 9.10. The van der Waals surface area contributed by atoms with Gasteiger partial charge in [0.1, 0.15) is 12.1 Å². The monoisotopic (exact) mass is 345 g/mol. The third kappa shape index (κ3) is 3.70. The number of hydrogen-bond acceptors (Lipinski definition) is 4. The molecular weight excluding hydrogens is 330 g/mol. The zero-order valence-electron chi connectivity index (χ0n) is 11.9. The molecule has 1 heterocycles. The maximum Gasteiger partial charge on any atom is 0.230 e. The average Bonchev–Trinajstić information content (AvgIpc) is 2.51. The number of fused-ring (bicyclic) bond motifs is 1. The van der Waals surface area contributed by atoms with Gasteiger partial charge in [-0.05, 0) is 42.5 Å². The number of benzene rings is 2. The number of nitrogens with zero attached hydrogens (tertiary/aromatic N) is 2. The molecule has 0 saturated carbocycles. The summed E-state index contributed by atoms with van der Waals surface area (Å²) in [6.45, 7) is 4.00. The van der Waals surface area contributed by atoms with Crippen molar-refractivity contribution in [1.82, 2.24) is 9.97 Å². The van der Waals surface area contributed by atoms with E-state index in [1.807, 2.05) is 44.2 Å². The second-order valence-electron chi connectivity index (χ2n) is 4.01. The van der Waals surface area contributed by atoms with E-state index in [0.717, 1.165) is 15.4 Å². The number of nitrogens with two attached hydrogens (primary N) is 1. The first-order chi connectivity index (χ1) is 10.2. The number of nitrogen functional groups attached to an aromatic ring is 1. The van der Waals surface area contributed by atoms with Crippen molar-refractivity contribution in [3.8, 4) is 11.6 Å². The molecule has 108 valence electrons.